The SMILES string of the molecule is COc1ccc(-c2ccccn2)cc1.O=[N+]([O-])c1cc([N+](=O)[O-])c(O)c([N+](=O)[O-])c1. The van der Waals surface area contributed by atoms with Gasteiger partial charge in [0.2, 0.25) is 0 Å². The summed E-state index contributed by atoms with van der Waals surface area (Å²) < 4.78 is 5.08. The van der Waals surface area contributed by atoms with Gasteiger partial charge < -0.3 is 9.84 Å². The maximum atomic E-state index is 10.4. The lowest BCUT2D eigenvalue weighted by Gasteiger charge is -2.02. The largest absolute Gasteiger partial charge is 0.497 e. The molecule has 3 aromatic rings. The second kappa shape index (κ2) is 9.54. The number of benzene rings is 2. The number of non-ortho nitro benzene ring substituents is 1. The van der Waals surface area contributed by atoms with Crippen LogP contribution in [0.4, 0.5) is 17.1 Å². The van der Waals surface area contributed by atoms with E-state index in [1.807, 2.05) is 42.5 Å². The molecule has 0 spiro atoms. The van der Waals surface area contributed by atoms with Crippen molar-refractivity contribution in [1.82, 2.24) is 4.98 Å². The quantitative estimate of drug-likeness (QED) is 0.480. The third kappa shape index (κ3) is 5.22. The Morgan fingerprint density at radius 3 is 1.83 bits per heavy atom. The van der Waals surface area contributed by atoms with Crippen LogP contribution in [-0.4, -0.2) is 32.0 Å². The van der Waals surface area contributed by atoms with Gasteiger partial charge in [-0.05, 0) is 36.4 Å². The van der Waals surface area contributed by atoms with E-state index in [2.05, 4.69) is 4.98 Å². The molecule has 1 N–H and O–H groups in total. The van der Waals surface area contributed by atoms with Crippen molar-refractivity contribution in [1.29, 1.82) is 0 Å². The fourth-order valence-corrected chi connectivity index (χ4v) is 2.27. The lowest BCUT2D eigenvalue weighted by molar-refractivity contribution is -0.404. The third-order valence-corrected chi connectivity index (χ3v) is 3.71. The molecule has 0 fully saturated rings. The summed E-state index contributed by atoms with van der Waals surface area (Å²) in [5.41, 5.74) is -0.917. The number of hydrogen-bond acceptors (Lipinski definition) is 9. The minimum Gasteiger partial charge on any atom is -0.497 e. The monoisotopic (exact) mass is 414 g/mol. The van der Waals surface area contributed by atoms with E-state index in [4.69, 9.17) is 9.84 Å². The minimum atomic E-state index is -1.21. The van der Waals surface area contributed by atoms with Crippen LogP contribution in [0, 0.1) is 30.3 Å². The van der Waals surface area contributed by atoms with Crippen LogP contribution >= 0.6 is 0 Å². The molecule has 2 aromatic carbocycles. The van der Waals surface area contributed by atoms with Gasteiger partial charge in [0.15, 0.2) is 0 Å². The first kappa shape index (κ1) is 21.7. The fraction of sp³-hybridized carbons (Fsp3) is 0.0556. The molecule has 154 valence electrons. The Morgan fingerprint density at radius 1 is 0.867 bits per heavy atom. The van der Waals surface area contributed by atoms with Crippen molar-refractivity contribution in [3.63, 3.8) is 0 Å². The smallest absolute Gasteiger partial charge is 0.324 e. The van der Waals surface area contributed by atoms with Crippen LogP contribution < -0.4 is 4.74 Å². The second-order valence-electron chi connectivity index (χ2n) is 5.55. The van der Waals surface area contributed by atoms with Crippen molar-refractivity contribution in [2.45, 2.75) is 0 Å². The molecular weight excluding hydrogens is 400 g/mol. The highest BCUT2D eigenvalue weighted by Gasteiger charge is 2.30. The van der Waals surface area contributed by atoms with Crippen LogP contribution in [-0.2, 0) is 0 Å². The molecule has 30 heavy (non-hydrogen) atoms. The van der Waals surface area contributed by atoms with Crippen molar-refractivity contribution in [3.05, 3.63) is 91.1 Å². The Morgan fingerprint density at radius 2 is 1.43 bits per heavy atom. The molecule has 1 aromatic heterocycles. The number of hydrogen-bond donors (Lipinski definition) is 1. The van der Waals surface area contributed by atoms with E-state index in [9.17, 15) is 30.3 Å². The summed E-state index contributed by atoms with van der Waals surface area (Å²) in [7, 11) is 1.66. The average molecular weight is 414 g/mol. The molecule has 0 radical (unpaired) electrons. The number of ether oxygens (including phenoxy) is 1. The zero-order chi connectivity index (χ0) is 22.3. The van der Waals surface area contributed by atoms with Crippen LogP contribution in [0.3, 0.4) is 0 Å². The van der Waals surface area contributed by atoms with Gasteiger partial charge in [-0.15, -0.1) is 0 Å². The second-order valence-corrected chi connectivity index (χ2v) is 5.55. The Labute approximate surface area is 168 Å². The van der Waals surface area contributed by atoms with Gasteiger partial charge in [0.05, 0.1) is 39.7 Å². The van der Waals surface area contributed by atoms with Gasteiger partial charge in [0.25, 0.3) is 11.4 Å². The normalized spacial score (nSPS) is 9.77. The van der Waals surface area contributed by atoms with E-state index in [0.717, 1.165) is 17.0 Å². The highest BCUT2D eigenvalue weighted by atomic mass is 16.6. The van der Waals surface area contributed by atoms with E-state index in [-0.39, 0.29) is 0 Å². The molecule has 0 saturated heterocycles. The maximum absolute atomic E-state index is 10.4. The van der Waals surface area contributed by atoms with E-state index in [0.29, 0.717) is 12.1 Å². The number of methoxy groups -OCH3 is 1. The van der Waals surface area contributed by atoms with E-state index in [1.54, 1.807) is 13.3 Å². The molecule has 12 heteroatoms. The summed E-state index contributed by atoms with van der Waals surface area (Å²) in [6.07, 6.45) is 1.79. The molecule has 0 bridgehead atoms. The number of nitro groups is 3. The van der Waals surface area contributed by atoms with E-state index >= 15 is 0 Å². The van der Waals surface area contributed by atoms with Crippen molar-refractivity contribution in [2.75, 3.05) is 7.11 Å². The number of pyridine rings is 1. The highest BCUT2D eigenvalue weighted by Crippen LogP contribution is 2.38. The zero-order valence-electron chi connectivity index (χ0n) is 15.4. The Balaban J connectivity index is 0.000000215. The number of aromatic nitrogens is 1. The van der Waals surface area contributed by atoms with Crippen molar-refractivity contribution in [2.24, 2.45) is 0 Å². The van der Waals surface area contributed by atoms with Crippen LogP contribution in [0.25, 0.3) is 11.3 Å². The first-order valence-electron chi connectivity index (χ1n) is 8.10. The van der Waals surface area contributed by atoms with E-state index < -0.39 is 37.6 Å². The molecule has 0 unspecified atom stereocenters. The number of nitro benzene ring substituents is 3. The molecule has 3 rings (SSSR count). The van der Waals surface area contributed by atoms with Gasteiger partial charge in [-0.2, -0.15) is 0 Å². The lowest BCUT2D eigenvalue weighted by atomic mass is 10.1. The predicted molar refractivity (Wildman–Crippen MR) is 104 cm³/mol. The average Bonchev–Trinajstić information content (AvgIpc) is 2.74. The number of phenols is 1. The third-order valence-electron chi connectivity index (χ3n) is 3.71. The summed E-state index contributed by atoms with van der Waals surface area (Å²) in [6.45, 7) is 0. The molecule has 0 aliphatic heterocycles. The van der Waals surface area contributed by atoms with Crippen molar-refractivity contribution < 1.29 is 24.6 Å². The Kier molecular flexibility index (Phi) is 6.90. The number of nitrogens with zero attached hydrogens (tertiary/aromatic N) is 4. The van der Waals surface area contributed by atoms with Crippen molar-refractivity contribution >= 4 is 17.1 Å². The molecule has 1 heterocycles. The highest BCUT2D eigenvalue weighted by molar-refractivity contribution is 5.64. The molecule has 0 aliphatic carbocycles. The Hall–Kier alpha value is -4.61. The molecule has 0 amide bonds. The summed E-state index contributed by atoms with van der Waals surface area (Å²) >= 11 is 0. The molecule has 12 nitrogen and oxygen atoms in total. The summed E-state index contributed by atoms with van der Waals surface area (Å²) in [4.78, 5) is 32.0. The Bertz CT molecular complexity index is 1040. The maximum Gasteiger partial charge on any atom is 0.324 e. The minimum absolute atomic E-state index is 0.447. The molecule has 0 saturated carbocycles. The molecular formula is C18H14N4O8. The number of phenolic OH excluding ortho intramolecular Hbond substituents is 1. The predicted octanol–water partition coefficient (Wildman–Crippen LogP) is 3.87. The molecule has 0 aliphatic rings. The van der Waals surface area contributed by atoms with Gasteiger partial charge in [-0.25, -0.2) is 0 Å². The first-order chi connectivity index (χ1) is 14.2. The van der Waals surface area contributed by atoms with Gasteiger partial charge >= 0.3 is 11.4 Å². The summed E-state index contributed by atoms with van der Waals surface area (Å²) in [5.74, 6) is -0.342. The fourth-order valence-electron chi connectivity index (χ4n) is 2.27. The van der Waals surface area contributed by atoms with Crippen LogP contribution in [0.5, 0.6) is 11.5 Å². The zero-order valence-corrected chi connectivity index (χ0v) is 15.4. The van der Waals surface area contributed by atoms with Gasteiger partial charge in [0, 0.05) is 11.8 Å². The summed E-state index contributed by atoms with van der Waals surface area (Å²) in [5, 5.41) is 40.2. The number of rotatable bonds is 5. The van der Waals surface area contributed by atoms with Crippen LogP contribution in [0.15, 0.2) is 60.8 Å². The van der Waals surface area contributed by atoms with Gasteiger partial charge in [-0.3, -0.25) is 35.3 Å². The standard InChI is InChI=1S/C12H11NO.C6H3N3O7/c1-14-11-7-5-10(6-8-11)12-4-2-3-9-13-12;10-6-4(8(13)14)1-3(7(11)12)2-5(6)9(15)16/h2-9H,1H3;1-2,10H. The van der Waals surface area contributed by atoms with E-state index in [1.165, 1.54) is 0 Å². The molecule has 0 atom stereocenters. The van der Waals surface area contributed by atoms with Crippen LogP contribution in [0.1, 0.15) is 0 Å². The summed E-state index contributed by atoms with van der Waals surface area (Å²) in [6, 6.07) is 14.6. The first-order valence-corrected chi connectivity index (χ1v) is 8.10. The number of aromatic hydroxyl groups is 1. The lowest BCUT2D eigenvalue weighted by Crippen LogP contribution is -1.97. The van der Waals surface area contributed by atoms with Gasteiger partial charge in [0.1, 0.15) is 5.75 Å². The topological polar surface area (TPSA) is 172 Å². The van der Waals surface area contributed by atoms with Crippen LogP contribution in [0.2, 0.25) is 0 Å². The van der Waals surface area contributed by atoms with Crippen molar-refractivity contribution in [3.8, 4) is 22.8 Å². The van der Waals surface area contributed by atoms with Gasteiger partial charge in [-0.1, -0.05) is 6.07 Å².